The molecule has 1 fully saturated rings. The van der Waals surface area contributed by atoms with Gasteiger partial charge in [-0.15, -0.1) is 0 Å². The second-order valence-corrected chi connectivity index (χ2v) is 16.6. The van der Waals surface area contributed by atoms with Gasteiger partial charge in [0.15, 0.2) is 0 Å². The van der Waals surface area contributed by atoms with Crippen molar-refractivity contribution < 1.29 is 32.2 Å². The molecular formula is C36H49ClN2O7S. The van der Waals surface area contributed by atoms with E-state index in [0.29, 0.717) is 43.8 Å². The average molecular weight is 689 g/mol. The van der Waals surface area contributed by atoms with E-state index in [9.17, 15) is 13.2 Å². The molecule has 6 rings (SSSR count). The number of benzene rings is 2. The SMILES string of the molecule is COCCO[C@H]1CC[C@H](C)C[C@@H](COC)S(=O)(=O)NC(=O)c2ccc3c(c2)N(C[C@@H]2CC[C@H]21)C[C@@]1(CCCc2cc(Cl)ccc21)CO3. The third kappa shape index (κ3) is 7.47. The van der Waals surface area contributed by atoms with Gasteiger partial charge in [-0.3, -0.25) is 4.79 Å². The fraction of sp³-hybridized carbons (Fsp3) is 0.639. The first-order valence-corrected chi connectivity index (χ1v) is 19.0. The van der Waals surface area contributed by atoms with Gasteiger partial charge in [-0.05, 0) is 111 Å². The zero-order valence-electron chi connectivity index (χ0n) is 27.8. The van der Waals surface area contributed by atoms with E-state index >= 15 is 0 Å². The molecule has 2 aliphatic heterocycles. The Morgan fingerprint density at radius 2 is 1.91 bits per heavy atom. The molecule has 9 nitrogen and oxygen atoms in total. The Hall–Kier alpha value is -2.37. The van der Waals surface area contributed by atoms with Gasteiger partial charge in [0.25, 0.3) is 5.91 Å². The zero-order chi connectivity index (χ0) is 33.2. The smallest absolute Gasteiger partial charge is 0.264 e. The largest absolute Gasteiger partial charge is 0.490 e. The van der Waals surface area contributed by atoms with Crippen molar-refractivity contribution in [1.82, 2.24) is 4.72 Å². The van der Waals surface area contributed by atoms with Crippen LogP contribution < -0.4 is 14.4 Å². The predicted octanol–water partition coefficient (Wildman–Crippen LogP) is 5.77. The van der Waals surface area contributed by atoms with Crippen LogP contribution in [0.3, 0.4) is 0 Å². The number of aryl methyl sites for hydroxylation is 1. The number of nitrogens with zero attached hydrogens (tertiary/aromatic N) is 1. The summed E-state index contributed by atoms with van der Waals surface area (Å²) in [6.45, 7) is 5.17. The van der Waals surface area contributed by atoms with Gasteiger partial charge in [-0.2, -0.15) is 0 Å². The van der Waals surface area contributed by atoms with Gasteiger partial charge >= 0.3 is 0 Å². The molecule has 1 amide bonds. The molecule has 0 unspecified atom stereocenters. The monoisotopic (exact) mass is 688 g/mol. The fourth-order valence-corrected chi connectivity index (χ4v) is 9.94. The summed E-state index contributed by atoms with van der Waals surface area (Å²) in [6.07, 6.45) is 7.27. The van der Waals surface area contributed by atoms with Gasteiger partial charge in [-0.1, -0.05) is 24.6 Å². The molecule has 258 valence electrons. The third-order valence-electron chi connectivity index (χ3n) is 11.0. The normalized spacial score (nSPS) is 30.7. The van der Waals surface area contributed by atoms with Gasteiger partial charge in [0.05, 0.1) is 38.2 Å². The van der Waals surface area contributed by atoms with Gasteiger partial charge in [-0.25, -0.2) is 13.1 Å². The van der Waals surface area contributed by atoms with Crippen LogP contribution in [-0.2, 0) is 36.1 Å². The standard InChI is InChI=1S/C36H49ClN2O7S/c1-24-6-12-33(45-16-15-43-2)30-10-7-27(30)20-39-22-36(14-4-5-25-18-28(37)9-11-31(25)36)23-46-34-13-8-26(19-32(34)39)35(40)38-47(41,42)29(17-24)21-44-3/h8-9,11,13,18-19,24,27,29-30,33H,4-7,10,12,14-17,20-23H2,1-3H3,(H,38,40)/t24-,27-,29-,30+,33-,36-/m0/s1. The molecule has 1 spiro atoms. The highest BCUT2D eigenvalue weighted by Crippen LogP contribution is 2.47. The number of carbonyl (C=O) groups is 1. The van der Waals surface area contributed by atoms with Crippen LogP contribution in [0.2, 0.25) is 5.02 Å². The number of methoxy groups -OCH3 is 2. The highest BCUT2D eigenvalue weighted by atomic mass is 35.5. The van der Waals surface area contributed by atoms with Gasteiger partial charge in [0.1, 0.15) is 11.0 Å². The first kappa shape index (κ1) is 34.5. The summed E-state index contributed by atoms with van der Waals surface area (Å²) < 4.78 is 53.3. The molecule has 4 aliphatic rings. The number of sulfonamides is 1. The summed E-state index contributed by atoms with van der Waals surface area (Å²) in [5.41, 5.74) is 3.41. The predicted molar refractivity (Wildman–Crippen MR) is 183 cm³/mol. The quantitative estimate of drug-likeness (QED) is 0.382. The van der Waals surface area contributed by atoms with E-state index in [0.717, 1.165) is 68.7 Å². The number of halogens is 1. The van der Waals surface area contributed by atoms with E-state index in [1.54, 1.807) is 13.2 Å². The van der Waals surface area contributed by atoms with Crippen LogP contribution >= 0.6 is 11.6 Å². The molecule has 2 aromatic carbocycles. The first-order chi connectivity index (χ1) is 22.6. The minimum atomic E-state index is -4.01. The van der Waals surface area contributed by atoms with Crippen LogP contribution in [0.1, 0.15) is 73.4 Å². The number of ether oxygens (including phenoxy) is 4. The van der Waals surface area contributed by atoms with Gasteiger partial charge < -0.3 is 23.8 Å². The average Bonchev–Trinajstić information content (AvgIpc) is 3.17. The molecule has 2 bridgehead atoms. The molecule has 2 heterocycles. The fourth-order valence-electron chi connectivity index (χ4n) is 8.31. The van der Waals surface area contributed by atoms with Crippen LogP contribution in [0, 0.1) is 17.8 Å². The number of nitrogens with one attached hydrogen (secondary N) is 1. The number of rotatable bonds is 6. The topological polar surface area (TPSA) is 103 Å². The number of amides is 1. The molecule has 47 heavy (non-hydrogen) atoms. The van der Waals surface area contributed by atoms with E-state index < -0.39 is 21.2 Å². The summed E-state index contributed by atoms with van der Waals surface area (Å²) in [5, 5.41) is -0.114. The lowest BCUT2D eigenvalue weighted by molar-refractivity contribution is -0.0618. The number of anilines is 1. The van der Waals surface area contributed by atoms with Crippen molar-refractivity contribution in [2.45, 2.75) is 75.1 Å². The second kappa shape index (κ2) is 14.6. The Balaban J connectivity index is 1.40. The van der Waals surface area contributed by atoms with Crippen molar-refractivity contribution in [2.75, 3.05) is 58.6 Å². The Bertz CT molecular complexity index is 1540. The van der Waals surface area contributed by atoms with E-state index in [2.05, 4.69) is 28.7 Å². The van der Waals surface area contributed by atoms with E-state index in [4.69, 9.17) is 30.5 Å². The van der Waals surface area contributed by atoms with E-state index in [1.165, 1.54) is 18.2 Å². The Morgan fingerprint density at radius 3 is 2.68 bits per heavy atom. The van der Waals surface area contributed by atoms with Crippen LogP contribution in [0.15, 0.2) is 36.4 Å². The Kier molecular flexibility index (Phi) is 10.7. The van der Waals surface area contributed by atoms with Crippen molar-refractivity contribution in [3.63, 3.8) is 0 Å². The van der Waals surface area contributed by atoms with Crippen molar-refractivity contribution in [1.29, 1.82) is 0 Å². The van der Waals surface area contributed by atoms with E-state index in [1.807, 2.05) is 18.2 Å². The summed E-state index contributed by atoms with van der Waals surface area (Å²) in [6, 6.07) is 11.5. The van der Waals surface area contributed by atoms with Gasteiger partial charge in [0.2, 0.25) is 10.0 Å². The van der Waals surface area contributed by atoms with Crippen molar-refractivity contribution in [3.8, 4) is 5.75 Å². The molecule has 0 radical (unpaired) electrons. The van der Waals surface area contributed by atoms with E-state index in [-0.39, 0.29) is 29.6 Å². The number of hydrogen-bond acceptors (Lipinski definition) is 8. The van der Waals surface area contributed by atoms with Crippen LogP contribution in [0.25, 0.3) is 0 Å². The van der Waals surface area contributed by atoms with Crippen molar-refractivity contribution in [2.24, 2.45) is 17.8 Å². The molecule has 6 atom stereocenters. The Morgan fingerprint density at radius 1 is 1.06 bits per heavy atom. The maximum absolute atomic E-state index is 13.6. The maximum atomic E-state index is 13.6. The van der Waals surface area contributed by atoms with Crippen molar-refractivity contribution >= 4 is 33.2 Å². The lowest BCUT2D eigenvalue weighted by Gasteiger charge is -2.46. The van der Waals surface area contributed by atoms with Crippen LogP contribution in [0.4, 0.5) is 5.69 Å². The molecule has 2 aliphatic carbocycles. The minimum absolute atomic E-state index is 0.00595. The first-order valence-electron chi connectivity index (χ1n) is 17.1. The molecule has 0 saturated heterocycles. The second-order valence-electron chi connectivity index (χ2n) is 14.2. The summed E-state index contributed by atoms with van der Waals surface area (Å²) in [4.78, 5) is 16.0. The number of hydrogen-bond donors (Lipinski definition) is 1. The molecule has 1 saturated carbocycles. The summed E-state index contributed by atoms with van der Waals surface area (Å²) >= 11 is 6.44. The molecule has 11 heteroatoms. The van der Waals surface area contributed by atoms with Crippen LogP contribution in [0.5, 0.6) is 5.75 Å². The summed E-state index contributed by atoms with van der Waals surface area (Å²) in [5.74, 6) is 0.936. The van der Waals surface area contributed by atoms with Gasteiger partial charge in [0, 0.05) is 43.3 Å². The molecule has 1 N–H and O–H groups in total. The lowest BCUT2D eigenvalue weighted by atomic mass is 9.68. The lowest BCUT2D eigenvalue weighted by Crippen LogP contribution is -2.50. The molecule has 2 aromatic rings. The van der Waals surface area contributed by atoms with Crippen LogP contribution in [-0.4, -0.2) is 79.4 Å². The molecule has 0 aromatic heterocycles. The van der Waals surface area contributed by atoms with Crippen molar-refractivity contribution in [3.05, 3.63) is 58.1 Å². The molecular weight excluding hydrogens is 640 g/mol. The zero-order valence-corrected chi connectivity index (χ0v) is 29.4. The minimum Gasteiger partial charge on any atom is -0.490 e. The Labute approximate surface area is 284 Å². The third-order valence-corrected chi connectivity index (χ3v) is 12.9. The highest BCUT2D eigenvalue weighted by Gasteiger charge is 2.45. The highest BCUT2D eigenvalue weighted by molar-refractivity contribution is 7.90. The summed E-state index contributed by atoms with van der Waals surface area (Å²) in [7, 11) is -0.835. The number of carbonyl (C=O) groups excluding carboxylic acids is 1. The maximum Gasteiger partial charge on any atom is 0.264 e. The number of fused-ring (bicyclic) bond motifs is 4.